The van der Waals surface area contributed by atoms with Crippen LogP contribution in [-0.2, 0) is 0 Å². The standard InChI is InChI=1S/C6H2F2N2/c7-4-1-2-10-5(3-9)6(4)8/h1-2H. The molecule has 0 spiro atoms. The van der Waals surface area contributed by atoms with Gasteiger partial charge in [0.05, 0.1) is 0 Å². The molecule has 0 radical (unpaired) electrons. The minimum absolute atomic E-state index is 0.514. The molecule has 0 unspecified atom stereocenters. The predicted octanol–water partition coefficient (Wildman–Crippen LogP) is 1.23. The van der Waals surface area contributed by atoms with Crippen molar-refractivity contribution in [2.24, 2.45) is 0 Å². The Morgan fingerprint density at radius 3 is 2.70 bits per heavy atom. The number of nitriles is 1. The fourth-order valence-electron chi connectivity index (χ4n) is 0.498. The van der Waals surface area contributed by atoms with Crippen LogP contribution in [0.5, 0.6) is 0 Å². The number of nitrogens with zero attached hydrogens (tertiary/aromatic N) is 2. The van der Waals surface area contributed by atoms with Crippen molar-refractivity contribution in [1.29, 1.82) is 5.26 Å². The van der Waals surface area contributed by atoms with Crippen molar-refractivity contribution in [3.63, 3.8) is 0 Å². The van der Waals surface area contributed by atoms with Gasteiger partial charge in [-0.15, -0.1) is 0 Å². The zero-order chi connectivity index (χ0) is 7.56. The van der Waals surface area contributed by atoms with Gasteiger partial charge >= 0.3 is 0 Å². The van der Waals surface area contributed by atoms with Crippen LogP contribution >= 0.6 is 0 Å². The number of halogens is 2. The molecule has 0 aromatic carbocycles. The Hall–Kier alpha value is -1.50. The Morgan fingerprint density at radius 2 is 2.20 bits per heavy atom. The van der Waals surface area contributed by atoms with Crippen LogP contribution in [0.25, 0.3) is 0 Å². The molecule has 4 heteroatoms. The van der Waals surface area contributed by atoms with Gasteiger partial charge in [0.2, 0.25) is 0 Å². The molecule has 1 heterocycles. The highest BCUT2D eigenvalue weighted by molar-refractivity contribution is 5.21. The van der Waals surface area contributed by atoms with Crippen molar-refractivity contribution in [2.75, 3.05) is 0 Å². The largest absolute Gasteiger partial charge is 0.242 e. The maximum Gasteiger partial charge on any atom is 0.195 e. The number of rotatable bonds is 0. The fourth-order valence-corrected chi connectivity index (χ4v) is 0.498. The van der Waals surface area contributed by atoms with Crippen LogP contribution in [0.1, 0.15) is 5.69 Å². The van der Waals surface area contributed by atoms with Crippen LogP contribution in [0.4, 0.5) is 8.78 Å². The van der Waals surface area contributed by atoms with E-state index in [0.29, 0.717) is 0 Å². The molecule has 1 aromatic heterocycles. The van der Waals surface area contributed by atoms with E-state index in [1.807, 2.05) is 0 Å². The lowest BCUT2D eigenvalue weighted by molar-refractivity contribution is 0.501. The summed E-state index contributed by atoms with van der Waals surface area (Å²) in [5.41, 5.74) is -0.514. The van der Waals surface area contributed by atoms with Gasteiger partial charge in [-0.1, -0.05) is 0 Å². The molecule has 0 aliphatic rings. The highest BCUT2D eigenvalue weighted by atomic mass is 19.2. The van der Waals surface area contributed by atoms with Crippen molar-refractivity contribution in [3.8, 4) is 6.07 Å². The topological polar surface area (TPSA) is 36.7 Å². The Kier molecular flexibility index (Phi) is 1.59. The minimum Gasteiger partial charge on any atom is -0.242 e. The highest BCUT2D eigenvalue weighted by Crippen LogP contribution is 2.05. The van der Waals surface area contributed by atoms with Crippen LogP contribution in [0.15, 0.2) is 12.3 Å². The maximum absolute atomic E-state index is 12.3. The highest BCUT2D eigenvalue weighted by Gasteiger charge is 2.06. The van der Waals surface area contributed by atoms with Crippen LogP contribution in [0, 0.1) is 23.0 Å². The van der Waals surface area contributed by atoms with Gasteiger partial charge in [0.25, 0.3) is 0 Å². The average Bonchev–Trinajstić information content (AvgIpc) is 1.95. The first kappa shape index (κ1) is 6.62. The normalized spacial score (nSPS) is 8.90. The predicted molar refractivity (Wildman–Crippen MR) is 28.9 cm³/mol. The summed E-state index contributed by atoms with van der Waals surface area (Å²) in [5.74, 6) is -2.24. The summed E-state index contributed by atoms with van der Waals surface area (Å²) >= 11 is 0. The summed E-state index contributed by atoms with van der Waals surface area (Å²) in [5, 5.41) is 8.12. The summed E-state index contributed by atoms with van der Waals surface area (Å²) < 4.78 is 24.5. The zero-order valence-corrected chi connectivity index (χ0v) is 4.81. The SMILES string of the molecule is N#Cc1nccc(F)c1F. The lowest BCUT2D eigenvalue weighted by Gasteiger charge is -1.90. The van der Waals surface area contributed by atoms with E-state index in [4.69, 9.17) is 5.26 Å². The van der Waals surface area contributed by atoms with E-state index in [1.165, 1.54) is 6.07 Å². The molecule has 0 saturated carbocycles. The molecule has 0 aliphatic carbocycles. The van der Waals surface area contributed by atoms with E-state index < -0.39 is 17.3 Å². The number of hydrogen-bond donors (Lipinski definition) is 0. The Morgan fingerprint density at radius 1 is 1.50 bits per heavy atom. The summed E-state index contributed by atoms with van der Waals surface area (Å²) in [7, 11) is 0. The van der Waals surface area contributed by atoms with E-state index >= 15 is 0 Å². The summed E-state index contributed by atoms with van der Waals surface area (Å²) in [6.07, 6.45) is 1.04. The third-order valence-corrected chi connectivity index (χ3v) is 0.948. The van der Waals surface area contributed by atoms with E-state index in [0.717, 1.165) is 12.3 Å². The molecular weight excluding hydrogens is 138 g/mol. The average molecular weight is 140 g/mol. The number of aromatic nitrogens is 1. The van der Waals surface area contributed by atoms with Gasteiger partial charge < -0.3 is 0 Å². The molecule has 1 rings (SSSR count). The van der Waals surface area contributed by atoms with E-state index in [-0.39, 0.29) is 0 Å². The summed E-state index contributed by atoms with van der Waals surface area (Å²) in [4.78, 5) is 3.28. The molecule has 0 N–H and O–H groups in total. The monoisotopic (exact) mass is 140 g/mol. The van der Waals surface area contributed by atoms with Gasteiger partial charge in [-0.3, -0.25) is 0 Å². The first-order valence-corrected chi connectivity index (χ1v) is 2.46. The van der Waals surface area contributed by atoms with Crippen LogP contribution in [-0.4, -0.2) is 4.98 Å². The van der Waals surface area contributed by atoms with E-state index in [9.17, 15) is 8.78 Å². The minimum atomic E-state index is -1.19. The van der Waals surface area contributed by atoms with Crippen molar-refractivity contribution in [3.05, 3.63) is 29.6 Å². The summed E-state index contributed by atoms with van der Waals surface area (Å²) in [6, 6.07) is 2.27. The van der Waals surface area contributed by atoms with E-state index in [1.54, 1.807) is 0 Å². The third-order valence-electron chi connectivity index (χ3n) is 0.948. The molecule has 0 atom stereocenters. The Balaban J connectivity index is 3.31. The molecule has 1 aromatic rings. The van der Waals surface area contributed by atoms with Crippen LogP contribution in [0.3, 0.4) is 0 Å². The summed E-state index contributed by atoms with van der Waals surface area (Å²) in [6.45, 7) is 0. The quantitative estimate of drug-likeness (QED) is 0.543. The van der Waals surface area contributed by atoms with Crippen molar-refractivity contribution >= 4 is 0 Å². The second-order valence-corrected chi connectivity index (χ2v) is 1.57. The lowest BCUT2D eigenvalue weighted by atomic mass is 10.3. The Labute approximate surface area is 55.7 Å². The number of hydrogen-bond acceptors (Lipinski definition) is 2. The maximum atomic E-state index is 12.3. The zero-order valence-electron chi connectivity index (χ0n) is 4.81. The first-order valence-electron chi connectivity index (χ1n) is 2.46. The molecule has 0 amide bonds. The van der Waals surface area contributed by atoms with Crippen molar-refractivity contribution in [1.82, 2.24) is 4.98 Å². The van der Waals surface area contributed by atoms with E-state index in [2.05, 4.69) is 4.98 Å². The lowest BCUT2D eigenvalue weighted by Crippen LogP contribution is -1.91. The molecular formula is C6H2F2N2. The van der Waals surface area contributed by atoms with Crippen LogP contribution in [0.2, 0.25) is 0 Å². The van der Waals surface area contributed by atoms with Crippen molar-refractivity contribution < 1.29 is 8.78 Å². The molecule has 0 fully saturated rings. The molecule has 0 aliphatic heterocycles. The van der Waals surface area contributed by atoms with Gasteiger partial charge in [0.15, 0.2) is 17.3 Å². The molecule has 2 nitrogen and oxygen atoms in total. The second-order valence-electron chi connectivity index (χ2n) is 1.57. The van der Waals surface area contributed by atoms with Crippen LogP contribution < -0.4 is 0 Å². The number of pyridine rings is 1. The van der Waals surface area contributed by atoms with Gasteiger partial charge in [-0.25, -0.2) is 13.8 Å². The van der Waals surface area contributed by atoms with Gasteiger partial charge in [-0.2, -0.15) is 5.26 Å². The van der Waals surface area contributed by atoms with Gasteiger partial charge in [-0.05, 0) is 6.07 Å². The molecule has 0 saturated heterocycles. The molecule has 0 bridgehead atoms. The van der Waals surface area contributed by atoms with Gasteiger partial charge in [0.1, 0.15) is 6.07 Å². The Bertz CT molecular complexity index is 290. The second kappa shape index (κ2) is 2.40. The third kappa shape index (κ3) is 0.935. The molecule has 50 valence electrons. The van der Waals surface area contributed by atoms with Gasteiger partial charge in [0, 0.05) is 6.20 Å². The smallest absolute Gasteiger partial charge is 0.195 e. The first-order chi connectivity index (χ1) is 4.75. The molecule has 10 heavy (non-hydrogen) atoms. The van der Waals surface area contributed by atoms with Crippen molar-refractivity contribution in [2.45, 2.75) is 0 Å². The fraction of sp³-hybridized carbons (Fsp3) is 0.